The normalized spacial score (nSPS) is 11.7. The number of hydrogen-bond acceptors (Lipinski definition) is 5. The van der Waals surface area contributed by atoms with Crippen LogP contribution in [-0.4, -0.2) is 8.75 Å². The van der Waals surface area contributed by atoms with Gasteiger partial charge in [-0.2, -0.15) is 8.75 Å². The molecule has 0 unspecified atom stereocenters. The van der Waals surface area contributed by atoms with Crippen molar-refractivity contribution in [3.8, 4) is 20.9 Å². The van der Waals surface area contributed by atoms with Gasteiger partial charge in [-0.25, -0.2) is 0 Å². The maximum Gasteiger partial charge on any atom is 0.114 e. The van der Waals surface area contributed by atoms with Crippen molar-refractivity contribution in [2.75, 3.05) is 0 Å². The van der Waals surface area contributed by atoms with Crippen LogP contribution in [0.25, 0.3) is 31.9 Å². The molecule has 3 aromatic heterocycles. The number of fused-ring (bicyclic) bond motifs is 1. The minimum Gasteiger partial charge on any atom is -0.172 e. The van der Waals surface area contributed by atoms with Crippen LogP contribution in [0.5, 0.6) is 0 Å². The predicted octanol–water partition coefficient (Wildman–Crippen LogP) is 11.9. The highest BCUT2D eigenvalue weighted by atomic mass is 32.1. The van der Waals surface area contributed by atoms with Crippen LogP contribution < -0.4 is 0 Å². The Balaban J connectivity index is 1.51. The summed E-state index contributed by atoms with van der Waals surface area (Å²) in [6.07, 6.45) is 18.6. The summed E-state index contributed by atoms with van der Waals surface area (Å²) in [6, 6.07) is 7.26. The van der Waals surface area contributed by atoms with E-state index in [1.807, 2.05) is 22.7 Å². The zero-order valence-corrected chi connectivity index (χ0v) is 26.7. The molecule has 0 spiro atoms. The Hall–Kier alpha value is -1.56. The van der Waals surface area contributed by atoms with Gasteiger partial charge in [-0.05, 0) is 81.3 Å². The van der Waals surface area contributed by atoms with Crippen molar-refractivity contribution in [3.05, 3.63) is 44.6 Å². The van der Waals surface area contributed by atoms with Crippen LogP contribution in [-0.2, 0) is 12.8 Å². The molecule has 0 amide bonds. The Morgan fingerprint density at radius 3 is 1.68 bits per heavy atom. The summed E-state index contributed by atoms with van der Waals surface area (Å²) < 4.78 is 9.66. The van der Waals surface area contributed by atoms with Crippen LogP contribution in [0.3, 0.4) is 0 Å². The molecule has 4 rings (SSSR count). The van der Waals surface area contributed by atoms with Gasteiger partial charge in [-0.3, -0.25) is 0 Å². The second kappa shape index (κ2) is 14.7. The molecule has 4 aromatic rings. The van der Waals surface area contributed by atoms with Crippen molar-refractivity contribution >= 4 is 45.4 Å². The molecular weight excluding hydrogens is 521 g/mol. The van der Waals surface area contributed by atoms with Gasteiger partial charge in [-0.1, -0.05) is 78.1 Å². The van der Waals surface area contributed by atoms with Gasteiger partial charge in [0, 0.05) is 30.6 Å². The van der Waals surface area contributed by atoms with E-state index in [0.29, 0.717) is 0 Å². The summed E-state index contributed by atoms with van der Waals surface area (Å²) in [6.45, 7) is 11.4. The third kappa shape index (κ3) is 7.34. The summed E-state index contributed by atoms with van der Waals surface area (Å²) >= 11 is 5.22. The van der Waals surface area contributed by atoms with Crippen LogP contribution in [0.2, 0.25) is 0 Å². The van der Waals surface area contributed by atoms with E-state index in [0.717, 1.165) is 11.0 Å². The summed E-state index contributed by atoms with van der Waals surface area (Å²) in [5.74, 6) is 0. The lowest BCUT2D eigenvalue weighted by molar-refractivity contribution is 0.607. The number of rotatable bonds is 16. The van der Waals surface area contributed by atoms with Gasteiger partial charge in [0.2, 0.25) is 0 Å². The van der Waals surface area contributed by atoms with Gasteiger partial charge in [0.05, 0.1) is 11.7 Å². The zero-order valence-electron chi connectivity index (χ0n) is 24.3. The van der Waals surface area contributed by atoms with E-state index in [2.05, 4.69) is 52.8 Å². The van der Waals surface area contributed by atoms with E-state index in [9.17, 15) is 0 Å². The first kappa shape index (κ1) is 29.4. The molecule has 0 fully saturated rings. The Labute approximate surface area is 243 Å². The van der Waals surface area contributed by atoms with E-state index in [4.69, 9.17) is 8.75 Å². The molecule has 0 aliphatic carbocycles. The van der Waals surface area contributed by atoms with Gasteiger partial charge < -0.3 is 0 Å². The fourth-order valence-corrected chi connectivity index (χ4v) is 8.39. The van der Waals surface area contributed by atoms with Crippen molar-refractivity contribution in [3.63, 3.8) is 0 Å². The number of aromatic nitrogens is 2. The number of hydrogen-bond donors (Lipinski definition) is 0. The van der Waals surface area contributed by atoms with Crippen LogP contribution in [0.1, 0.15) is 117 Å². The first-order valence-electron chi connectivity index (χ1n) is 15.0. The largest absolute Gasteiger partial charge is 0.172 e. The summed E-state index contributed by atoms with van der Waals surface area (Å²) in [7, 11) is 0. The lowest BCUT2D eigenvalue weighted by Crippen LogP contribution is -1.88. The van der Waals surface area contributed by atoms with Gasteiger partial charge in [-0.15, -0.1) is 22.7 Å². The van der Waals surface area contributed by atoms with Crippen molar-refractivity contribution in [1.82, 2.24) is 8.75 Å². The second-order valence-corrected chi connectivity index (χ2v) is 14.0. The summed E-state index contributed by atoms with van der Waals surface area (Å²) in [5.41, 5.74) is 9.07. The third-order valence-electron chi connectivity index (χ3n) is 7.89. The standard InChI is InChI=1S/C33H46N2S3/c1-6-8-10-12-14-16-18-26-21-29(36-24(26)4)28-20-23(3)31(33-32(28)34-38-35-33)30-22-27(25(5)37-30)19-17-15-13-11-9-7-2/h20-22H,6-19H2,1-5H3. The quantitative estimate of drug-likeness (QED) is 0.126. The second-order valence-electron chi connectivity index (χ2n) is 11.0. The van der Waals surface area contributed by atoms with Crippen LogP contribution in [0, 0.1) is 20.8 Å². The number of benzene rings is 1. The molecule has 3 heterocycles. The lowest BCUT2D eigenvalue weighted by Gasteiger charge is -2.08. The molecule has 2 nitrogen and oxygen atoms in total. The van der Waals surface area contributed by atoms with Gasteiger partial charge in [0.25, 0.3) is 0 Å². The average molecular weight is 567 g/mol. The molecule has 5 heteroatoms. The van der Waals surface area contributed by atoms with E-state index in [1.165, 1.54) is 149 Å². The smallest absolute Gasteiger partial charge is 0.114 e. The van der Waals surface area contributed by atoms with E-state index >= 15 is 0 Å². The number of aryl methyl sites for hydroxylation is 5. The zero-order chi connectivity index (χ0) is 26.9. The third-order valence-corrected chi connectivity index (χ3v) is 10.7. The minimum absolute atomic E-state index is 1.08. The number of nitrogens with zero attached hydrogens (tertiary/aromatic N) is 2. The monoisotopic (exact) mass is 566 g/mol. The van der Waals surface area contributed by atoms with Gasteiger partial charge in [0.1, 0.15) is 11.0 Å². The molecule has 0 saturated carbocycles. The molecule has 0 saturated heterocycles. The Bertz CT molecular complexity index is 1290. The first-order chi connectivity index (χ1) is 18.5. The highest BCUT2D eigenvalue weighted by Gasteiger charge is 2.20. The van der Waals surface area contributed by atoms with Crippen LogP contribution >= 0.6 is 34.4 Å². The Morgan fingerprint density at radius 2 is 1.08 bits per heavy atom. The molecular formula is C33H46N2S3. The van der Waals surface area contributed by atoms with E-state index in [1.54, 1.807) is 0 Å². The van der Waals surface area contributed by atoms with E-state index < -0.39 is 0 Å². The van der Waals surface area contributed by atoms with Gasteiger partial charge in [0.15, 0.2) is 0 Å². The lowest BCUT2D eigenvalue weighted by atomic mass is 9.98. The predicted molar refractivity (Wildman–Crippen MR) is 172 cm³/mol. The fraction of sp³-hybridized carbons (Fsp3) is 0.576. The van der Waals surface area contributed by atoms with Crippen molar-refractivity contribution in [2.45, 2.75) is 125 Å². The SMILES string of the molecule is CCCCCCCCc1cc(-c2cc(C)c(-c3cc(CCCCCCCC)c(C)s3)c3nsnc23)sc1C. The molecule has 206 valence electrons. The summed E-state index contributed by atoms with van der Waals surface area (Å²) in [5, 5.41) is 0. The molecule has 38 heavy (non-hydrogen) atoms. The highest BCUT2D eigenvalue weighted by molar-refractivity contribution is 7.16. The number of thiophene rings is 2. The van der Waals surface area contributed by atoms with Crippen molar-refractivity contribution in [2.24, 2.45) is 0 Å². The Morgan fingerprint density at radius 1 is 0.579 bits per heavy atom. The van der Waals surface area contributed by atoms with Crippen molar-refractivity contribution in [1.29, 1.82) is 0 Å². The molecule has 0 atom stereocenters. The molecule has 1 aromatic carbocycles. The van der Waals surface area contributed by atoms with Crippen LogP contribution in [0.15, 0.2) is 18.2 Å². The molecule has 0 aliphatic rings. The van der Waals surface area contributed by atoms with E-state index in [-0.39, 0.29) is 0 Å². The maximum atomic E-state index is 4.84. The Kier molecular flexibility index (Phi) is 11.4. The van der Waals surface area contributed by atoms with Crippen molar-refractivity contribution < 1.29 is 0 Å². The molecule has 0 aliphatic heterocycles. The summed E-state index contributed by atoms with van der Waals surface area (Å²) in [4.78, 5) is 5.62. The molecule has 0 bridgehead atoms. The molecule has 0 N–H and O–H groups in total. The average Bonchev–Trinajstić information content (AvgIpc) is 3.62. The minimum atomic E-state index is 1.08. The fourth-order valence-electron chi connectivity index (χ4n) is 5.56. The highest BCUT2D eigenvalue weighted by Crippen LogP contribution is 2.43. The molecule has 0 radical (unpaired) electrons. The number of unbranched alkanes of at least 4 members (excludes halogenated alkanes) is 10. The van der Waals surface area contributed by atoms with Gasteiger partial charge >= 0.3 is 0 Å². The van der Waals surface area contributed by atoms with Crippen LogP contribution in [0.4, 0.5) is 0 Å². The maximum absolute atomic E-state index is 4.84. The first-order valence-corrected chi connectivity index (χ1v) is 17.3. The topological polar surface area (TPSA) is 25.8 Å².